The highest BCUT2D eigenvalue weighted by Crippen LogP contribution is 2.60. The molecule has 2 aromatic rings. The van der Waals surface area contributed by atoms with E-state index in [-0.39, 0.29) is 18.7 Å². The second-order valence-electron chi connectivity index (χ2n) is 9.58. The summed E-state index contributed by atoms with van der Waals surface area (Å²) >= 11 is 0. The van der Waals surface area contributed by atoms with Gasteiger partial charge in [-0.05, 0) is 55.2 Å². The molecule has 2 aliphatic carbocycles. The summed E-state index contributed by atoms with van der Waals surface area (Å²) in [5, 5.41) is 9.21. The number of benzene rings is 1. The fraction of sp³-hybridized carbons (Fsp3) is 0.522. The molecule has 1 aromatic carbocycles. The molecular weight excluding hydrogens is 440 g/mol. The number of aromatic nitrogens is 2. The predicted octanol–water partition coefficient (Wildman–Crippen LogP) is 3.69. The van der Waals surface area contributed by atoms with E-state index in [1.807, 2.05) is 26.0 Å². The highest BCUT2D eigenvalue weighted by Gasteiger charge is 2.40. The first-order chi connectivity index (χ1) is 15.6. The van der Waals surface area contributed by atoms with Crippen LogP contribution in [0.5, 0.6) is 5.75 Å². The summed E-state index contributed by atoms with van der Waals surface area (Å²) in [4.78, 5) is 9.01. The van der Waals surface area contributed by atoms with Crippen LogP contribution in [-0.2, 0) is 11.8 Å². The van der Waals surface area contributed by atoms with Crippen molar-refractivity contribution >= 4 is 16.6 Å². The second kappa shape index (κ2) is 8.74. The lowest BCUT2D eigenvalue weighted by atomic mass is 9.72. The van der Waals surface area contributed by atoms with E-state index in [0.717, 1.165) is 42.4 Å². The van der Waals surface area contributed by atoms with Gasteiger partial charge in [0.05, 0.1) is 17.9 Å². The first-order valence-electron chi connectivity index (χ1n) is 11.1. The first kappa shape index (κ1) is 23.7. The van der Waals surface area contributed by atoms with Crippen LogP contribution in [0.15, 0.2) is 23.4 Å². The zero-order valence-corrected chi connectivity index (χ0v) is 20.1. The average molecular weight is 473 g/mol. The van der Waals surface area contributed by atoms with Crippen LogP contribution >= 0.6 is 10.8 Å². The summed E-state index contributed by atoms with van der Waals surface area (Å²) < 4.78 is 30.5. The van der Waals surface area contributed by atoms with Crippen LogP contribution in [0.4, 0.5) is 5.82 Å². The van der Waals surface area contributed by atoms with Gasteiger partial charge in [0, 0.05) is 24.2 Å². The Hall–Kier alpha value is -2.42. The molecule has 4 rings (SSSR count). The van der Waals surface area contributed by atoms with Crippen LogP contribution in [0, 0.1) is 11.3 Å². The van der Waals surface area contributed by atoms with E-state index in [9.17, 15) is 14.4 Å². The van der Waals surface area contributed by atoms with E-state index in [1.165, 1.54) is 17.7 Å². The minimum absolute atomic E-state index is 0.0556. The Kier molecular flexibility index (Phi) is 6.28. The molecule has 1 heterocycles. The van der Waals surface area contributed by atoms with Gasteiger partial charge < -0.3 is 16.2 Å². The minimum atomic E-state index is -3.51. The van der Waals surface area contributed by atoms with Gasteiger partial charge in [0.1, 0.15) is 29.3 Å². The number of hydrogen-bond acceptors (Lipinski definition) is 9. The fourth-order valence-corrected chi connectivity index (χ4v) is 6.38. The van der Waals surface area contributed by atoms with Crippen LogP contribution in [0.25, 0.3) is 11.3 Å². The Morgan fingerprint density at radius 2 is 1.94 bits per heavy atom. The molecule has 0 bridgehead atoms. The van der Waals surface area contributed by atoms with E-state index < -0.39 is 16.2 Å². The standard InChI is InChI=1S/C23H32N6O3S/c1-23(2)12-17-16(20-19(23)22(26)28-13-27-20)8-9-18(32-15-6-4-14(25)5-7-15)21(17)33(30,31)29(3)11-10-24/h8-9,13-15,30-31H,4-7,11-12,25H2,1-3H3,(H2,26,27,28). The third-order valence-corrected chi connectivity index (χ3v) is 8.66. The van der Waals surface area contributed by atoms with Gasteiger partial charge in [-0.2, -0.15) is 9.57 Å². The van der Waals surface area contributed by atoms with Crippen molar-refractivity contribution in [3.63, 3.8) is 0 Å². The van der Waals surface area contributed by atoms with Gasteiger partial charge in [0.15, 0.2) is 0 Å². The molecule has 1 aromatic heterocycles. The zero-order chi connectivity index (χ0) is 24.0. The normalized spacial score (nSPS) is 22.2. The van der Waals surface area contributed by atoms with Gasteiger partial charge in [-0.1, -0.05) is 13.8 Å². The van der Waals surface area contributed by atoms with E-state index in [0.29, 0.717) is 28.6 Å². The Bertz CT molecular complexity index is 1090. The molecule has 0 unspecified atom stereocenters. The highest BCUT2D eigenvalue weighted by atomic mass is 32.3. The number of hydrogen-bond donors (Lipinski definition) is 4. The van der Waals surface area contributed by atoms with Gasteiger partial charge in [-0.15, -0.1) is 10.8 Å². The summed E-state index contributed by atoms with van der Waals surface area (Å²) in [6.07, 6.45) is 5.21. The SMILES string of the molecule is CN(CC#N)S(O)(O)c1c(OC2CCC(N)CC2)ccc2c1CC(C)(C)c1c(N)ncnc1-2. The molecule has 1 fully saturated rings. The van der Waals surface area contributed by atoms with Crippen molar-refractivity contribution in [1.82, 2.24) is 14.3 Å². The maximum absolute atomic E-state index is 11.4. The zero-order valence-electron chi connectivity index (χ0n) is 19.3. The number of nitrogens with two attached hydrogens (primary N) is 2. The van der Waals surface area contributed by atoms with E-state index in [4.69, 9.17) is 16.2 Å². The summed E-state index contributed by atoms with van der Waals surface area (Å²) in [6, 6.07) is 5.86. The number of rotatable bonds is 5. The third kappa shape index (κ3) is 4.27. The number of nitriles is 1. The molecule has 0 atom stereocenters. The lowest BCUT2D eigenvalue weighted by Gasteiger charge is -2.44. The molecule has 6 N–H and O–H groups in total. The summed E-state index contributed by atoms with van der Waals surface area (Å²) in [5.41, 5.74) is 14.9. The minimum Gasteiger partial charge on any atom is -0.488 e. The Morgan fingerprint density at radius 1 is 1.24 bits per heavy atom. The largest absolute Gasteiger partial charge is 0.488 e. The quantitative estimate of drug-likeness (QED) is 0.477. The lowest BCUT2D eigenvalue weighted by Crippen LogP contribution is -2.33. The number of fused-ring (bicyclic) bond motifs is 3. The molecule has 10 heteroatoms. The van der Waals surface area contributed by atoms with Crippen LogP contribution in [0.2, 0.25) is 0 Å². The Morgan fingerprint density at radius 3 is 2.61 bits per heavy atom. The Balaban J connectivity index is 1.90. The predicted molar refractivity (Wildman–Crippen MR) is 129 cm³/mol. The molecule has 9 nitrogen and oxygen atoms in total. The molecule has 33 heavy (non-hydrogen) atoms. The molecule has 0 spiro atoms. The molecule has 0 saturated heterocycles. The van der Waals surface area contributed by atoms with Crippen LogP contribution in [-0.4, -0.2) is 49.1 Å². The van der Waals surface area contributed by atoms with Crippen molar-refractivity contribution in [2.75, 3.05) is 19.3 Å². The molecule has 0 aliphatic heterocycles. The molecule has 0 radical (unpaired) electrons. The van der Waals surface area contributed by atoms with Gasteiger partial charge in [0.25, 0.3) is 0 Å². The number of nitrogens with zero attached hydrogens (tertiary/aromatic N) is 4. The smallest absolute Gasteiger partial charge is 0.144 e. The maximum Gasteiger partial charge on any atom is 0.144 e. The van der Waals surface area contributed by atoms with Crippen LogP contribution in [0.1, 0.15) is 50.7 Å². The van der Waals surface area contributed by atoms with Gasteiger partial charge in [-0.25, -0.2) is 9.97 Å². The van der Waals surface area contributed by atoms with Crippen LogP contribution < -0.4 is 16.2 Å². The third-order valence-electron chi connectivity index (χ3n) is 6.67. The van der Waals surface area contributed by atoms with Crippen molar-refractivity contribution < 1.29 is 13.8 Å². The van der Waals surface area contributed by atoms with E-state index >= 15 is 0 Å². The lowest BCUT2D eigenvalue weighted by molar-refractivity contribution is 0.142. The average Bonchev–Trinajstić information content (AvgIpc) is 2.74. The summed E-state index contributed by atoms with van der Waals surface area (Å²) in [7, 11) is -1.98. The van der Waals surface area contributed by atoms with Crippen molar-refractivity contribution in [1.29, 1.82) is 5.26 Å². The van der Waals surface area contributed by atoms with E-state index in [1.54, 1.807) is 6.07 Å². The van der Waals surface area contributed by atoms with Crippen molar-refractivity contribution in [2.24, 2.45) is 5.73 Å². The van der Waals surface area contributed by atoms with Crippen molar-refractivity contribution in [2.45, 2.75) is 68.4 Å². The van der Waals surface area contributed by atoms with E-state index in [2.05, 4.69) is 9.97 Å². The van der Waals surface area contributed by atoms with Crippen molar-refractivity contribution in [3.8, 4) is 23.1 Å². The first-order valence-corrected chi connectivity index (χ1v) is 12.6. The van der Waals surface area contributed by atoms with Gasteiger partial charge in [0.2, 0.25) is 0 Å². The fourth-order valence-electron chi connectivity index (χ4n) is 4.93. The monoisotopic (exact) mass is 472 g/mol. The van der Waals surface area contributed by atoms with Gasteiger partial charge in [-0.3, -0.25) is 9.11 Å². The molecular formula is C23H32N6O3S. The topological polar surface area (TPSA) is 155 Å². The number of anilines is 1. The highest BCUT2D eigenvalue weighted by molar-refractivity contribution is 8.22. The van der Waals surface area contributed by atoms with Gasteiger partial charge >= 0.3 is 0 Å². The molecule has 0 amide bonds. The summed E-state index contributed by atoms with van der Waals surface area (Å²) in [5.74, 6) is 0.851. The number of ether oxygens (including phenoxy) is 1. The Labute approximate surface area is 196 Å². The molecule has 2 aliphatic rings. The molecule has 1 saturated carbocycles. The van der Waals surface area contributed by atoms with Crippen molar-refractivity contribution in [3.05, 3.63) is 29.6 Å². The second-order valence-corrected chi connectivity index (χ2v) is 11.6. The maximum atomic E-state index is 11.4. The van der Waals surface area contributed by atoms with Crippen LogP contribution in [0.3, 0.4) is 0 Å². The molecule has 178 valence electrons. The summed E-state index contributed by atoms with van der Waals surface area (Å²) in [6.45, 7) is 3.94. The number of nitrogen functional groups attached to an aromatic ring is 1.